The van der Waals surface area contributed by atoms with Crippen molar-refractivity contribution in [3.05, 3.63) is 35.4 Å². The summed E-state index contributed by atoms with van der Waals surface area (Å²) in [4.78, 5) is 0. The van der Waals surface area contributed by atoms with Crippen LogP contribution in [0.4, 0.5) is 0 Å². The molecule has 0 saturated heterocycles. The van der Waals surface area contributed by atoms with Crippen molar-refractivity contribution in [2.45, 2.75) is 40.0 Å². The molecule has 1 rings (SSSR count). The second-order valence-corrected chi connectivity index (χ2v) is 3.04. The molecule has 1 heteroatoms. The Hall–Kier alpha value is -0.820. The monoisotopic (exact) mass is 194 g/mol. The molecule has 80 valence electrons. The predicted molar refractivity (Wildman–Crippen MR) is 62.6 cm³/mol. The van der Waals surface area contributed by atoms with Crippen LogP contribution in [0.15, 0.2) is 24.3 Å². The second kappa shape index (κ2) is 8.76. The highest BCUT2D eigenvalue weighted by atomic mass is 16.2. The lowest BCUT2D eigenvalue weighted by Crippen LogP contribution is -1.90. The van der Waals surface area contributed by atoms with Gasteiger partial charge in [-0.3, -0.25) is 0 Å². The van der Waals surface area contributed by atoms with E-state index in [0.29, 0.717) is 0 Å². The quantitative estimate of drug-likeness (QED) is 0.780. The van der Waals surface area contributed by atoms with Crippen molar-refractivity contribution < 1.29 is 5.11 Å². The highest BCUT2D eigenvalue weighted by Gasteiger charge is 1.92. The first kappa shape index (κ1) is 13.2. The number of rotatable bonds is 4. The highest BCUT2D eigenvalue weighted by Crippen LogP contribution is 2.06. The van der Waals surface area contributed by atoms with Crippen molar-refractivity contribution in [1.29, 1.82) is 0 Å². The smallest absolute Gasteiger partial charge is 0.0471 e. The molecule has 0 heterocycles. The highest BCUT2D eigenvalue weighted by molar-refractivity contribution is 5.22. The summed E-state index contributed by atoms with van der Waals surface area (Å²) in [5.41, 5.74) is 2.61. The van der Waals surface area contributed by atoms with Crippen molar-refractivity contribution in [1.82, 2.24) is 0 Å². The van der Waals surface area contributed by atoms with Gasteiger partial charge < -0.3 is 5.11 Å². The summed E-state index contributed by atoms with van der Waals surface area (Å²) in [7, 11) is 0. The van der Waals surface area contributed by atoms with Gasteiger partial charge in [0.15, 0.2) is 0 Å². The normalized spacial score (nSPS) is 9.14. The molecule has 0 aliphatic heterocycles. The first-order valence-electron chi connectivity index (χ1n) is 5.55. The van der Waals surface area contributed by atoms with Crippen LogP contribution < -0.4 is 0 Å². The maximum absolute atomic E-state index is 8.69. The van der Waals surface area contributed by atoms with Gasteiger partial charge in [0.05, 0.1) is 0 Å². The number of benzene rings is 1. The van der Waals surface area contributed by atoms with Gasteiger partial charge in [0.2, 0.25) is 0 Å². The molecule has 1 aromatic carbocycles. The fraction of sp³-hybridized carbons (Fsp3) is 0.538. The Morgan fingerprint density at radius 1 is 0.929 bits per heavy atom. The zero-order valence-corrected chi connectivity index (χ0v) is 9.59. The number of aliphatic hydroxyl groups excluding tert-OH is 1. The molecule has 0 aliphatic rings. The van der Waals surface area contributed by atoms with Gasteiger partial charge in [-0.15, -0.1) is 0 Å². The Balaban J connectivity index is 0.000000791. The molecule has 0 aromatic heterocycles. The summed E-state index contributed by atoms with van der Waals surface area (Å²) in [6.07, 6.45) is 3.12. The van der Waals surface area contributed by atoms with E-state index in [4.69, 9.17) is 5.11 Å². The third-order valence-electron chi connectivity index (χ3n) is 1.96. The van der Waals surface area contributed by atoms with Crippen molar-refractivity contribution in [3.8, 4) is 0 Å². The van der Waals surface area contributed by atoms with Gasteiger partial charge in [-0.2, -0.15) is 0 Å². The Bertz CT molecular complexity index is 188. The molecule has 0 fully saturated rings. The average molecular weight is 194 g/mol. The summed E-state index contributed by atoms with van der Waals surface area (Å²) in [5.74, 6) is 0. The van der Waals surface area contributed by atoms with Gasteiger partial charge in [-0.05, 0) is 24.0 Å². The van der Waals surface area contributed by atoms with Gasteiger partial charge in [0.1, 0.15) is 0 Å². The predicted octanol–water partition coefficient (Wildman–Crippen LogP) is 3.20. The summed E-state index contributed by atoms with van der Waals surface area (Å²) >= 11 is 0. The molecule has 14 heavy (non-hydrogen) atoms. The van der Waals surface area contributed by atoms with Crippen LogP contribution in [0.3, 0.4) is 0 Å². The molecule has 0 bridgehead atoms. The maximum atomic E-state index is 8.69. The molecule has 1 nitrogen and oxygen atoms in total. The lowest BCUT2D eigenvalue weighted by Gasteiger charge is -2.00. The minimum Gasteiger partial charge on any atom is -0.396 e. The largest absolute Gasteiger partial charge is 0.396 e. The van der Waals surface area contributed by atoms with E-state index in [1.54, 1.807) is 0 Å². The molecule has 0 spiro atoms. The van der Waals surface area contributed by atoms with Crippen LogP contribution in [0, 0.1) is 0 Å². The fourth-order valence-electron chi connectivity index (χ4n) is 1.29. The summed E-state index contributed by atoms with van der Waals surface area (Å²) in [5, 5.41) is 8.69. The van der Waals surface area contributed by atoms with E-state index in [9.17, 15) is 0 Å². The minimum absolute atomic E-state index is 0.243. The van der Waals surface area contributed by atoms with E-state index in [1.165, 1.54) is 17.5 Å². The first-order chi connectivity index (χ1) is 6.86. The van der Waals surface area contributed by atoms with Crippen molar-refractivity contribution >= 4 is 0 Å². The van der Waals surface area contributed by atoms with E-state index in [2.05, 4.69) is 31.2 Å². The van der Waals surface area contributed by atoms with E-state index >= 15 is 0 Å². The van der Waals surface area contributed by atoms with Crippen LogP contribution in [0.2, 0.25) is 0 Å². The van der Waals surface area contributed by atoms with Gasteiger partial charge in [0, 0.05) is 6.61 Å². The van der Waals surface area contributed by atoms with Crippen molar-refractivity contribution in [3.63, 3.8) is 0 Å². The molecule has 1 aromatic rings. The third kappa shape index (κ3) is 5.03. The lowest BCUT2D eigenvalue weighted by molar-refractivity contribution is 0.299. The van der Waals surface area contributed by atoms with E-state index < -0.39 is 0 Å². The van der Waals surface area contributed by atoms with Crippen LogP contribution in [0.25, 0.3) is 0 Å². The zero-order valence-electron chi connectivity index (χ0n) is 9.59. The molecular weight excluding hydrogens is 172 g/mol. The molecular formula is C13H22O. The lowest BCUT2D eigenvalue weighted by atomic mass is 10.1. The van der Waals surface area contributed by atoms with Crippen LogP contribution >= 0.6 is 0 Å². The SMILES string of the molecule is CC.CCCc1ccc(CCO)cc1. The van der Waals surface area contributed by atoms with Crippen LogP contribution in [-0.2, 0) is 12.8 Å². The molecule has 0 atom stereocenters. The second-order valence-electron chi connectivity index (χ2n) is 3.04. The number of aliphatic hydroxyl groups is 1. The van der Waals surface area contributed by atoms with Crippen molar-refractivity contribution in [2.75, 3.05) is 6.61 Å². The van der Waals surface area contributed by atoms with Crippen LogP contribution in [0.1, 0.15) is 38.3 Å². The van der Waals surface area contributed by atoms with E-state index in [-0.39, 0.29) is 6.61 Å². The fourth-order valence-corrected chi connectivity index (χ4v) is 1.29. The number of hydrogen-bond donors (Lipinski definition) is 1. The molecule has 0 amide bonds. The van der Waals surface area contributed by atoms with Crippen LogP contribution in [-0.4, -0.2) is 11.7 Å². The summed E-state index contributed by atoms with van der Waals surface area (Å²) < 4.78 is 0. The third-order valence-corrected chi connectivity index (χ3v) is 1.96. The summed E-state index contributed by atoms with van der Waals surface area (Å²) in [6.45, 7) is 6.43. The Morgan fingerprint density at radius 3 is 1.71 bits per heavy atom. The molecule has 0 radical (unpaired) electrons. The molecule has 0 saturated carbocycles. The van der Waals surface area contributed by atoms with Crippen LogP contribution in [0.5, 0.6) is 0 Å². The molecule has 0 unspecified atom stereocenters. The first-order valence-corrected chi connectivity index (χ1v) is 5.55. The Morgan fingerprint density at radius 2 is 1.36 bits per heavy atom. The zero-order chi connectivity index (χ0) is 10.8. The van der Waals surface area contributed by atoms with Gasteiger partial charge >= 0.3 is 0 Å². The van der Waals surface area contributed by atoms with Gasteiger partial charge in [0.25, 0.3) is 0 Å². The topological polar surface area (TPSA) is 20.2 Å². The molecule has 1 N–H and O–H groups in total. The molecule has 0 aliphatic carbocycles. The minimum atomic E-state index is 0.243. The van der Waals surface area contributed by atoms with Gasteiger partial charge in [-0.25, -0.2) is 0 Å². The average Bonchev–Trinajstić information content (AvgIpc) is 2.25. The van der Waals surface area contributed by atoms with E-state index in [1.807, 2.05) is 13.8 Å². The van der Waals surface area contributed by atoms with E-state index in [0.717, 1.165) is 12.8 Å². The van der Waals surface area contributed by atoms with Crippen molar-refractivity contribution in [2.24, 2.45) is 0 Å². The number of hydrogen-bond acceptors (Lipinski definition) is 1. The number of aryl methyl sites for hydroxylation is 1. The Kier molecular flexibility index (Phi) is 8.25. The van der Waals surface area contributed by atoms with Gasteiger partial charge in [-0.1, -0.05) is 51.5 Å². The Labute approximate surface area is 87.8 Å². The summed E-state index contributed by atoms with van der Waals surface area (Å²) in [6, 6.07) is 8.49. The maximum Gasteiger partial charge on any atom is 0.0471 e. The standard InChI is InChI=1S/C11H16O.C2H6/c1-2-3-10-4-6-11(7-5-10)8-9-12;1-2/h4-7,12H,2-3,8-9H2,1H3;1-2H3.